The number of hydrogen-bond acceptors (Lipinski definition) is 4. The van der Waals surface area contributed by atoms with Crippen LogP contribution in [0, 0.1) is 0 Å². The largest absolute Gasteiger partial charge is 0.494 e. The summed E-state index contributed by atoms with van der Waals surface area (Å²) in [7, 11) is 2.18. The number of rotatable bonds is 7. The van der Waals surface area contributed by atoms with Crippen molar-refractivity contribution in [2.75, 3.05) is 46.4 Å². The Morgan fingerprint density at radius 2 is 1.95 bits per heavy atom. The van der Waals surface area contributed by atoms with Gasteiger partial charge in [-0.3, -0.25) is 4.79 Å². The monoisotopic (exact) mass is 290 g/mol. The fourth-order valence-electron chi connectivity index (χ4n) is 2.50. The summed E-state index contributed by atoms with van der Waals surface area (Å²) in [5.41, 5.74) is 0.713. The predicted octanol–water partition coefficient (Wildman–Crippen LogP) is 2.30. The SMILES string of the molecule is CC(=O)c1cccc(OCCCCN2CCN(C)CC2)c1. The molecule has 4 nitrogen and oxygen atoms in total. The standard InChI is InChI=1S/C17H26N2O2/c1-15(20)16-6-5-7-17(14-16)21-13-4-3-8-19-11-9-18(2)10-12-19/h5-7,14H,3-4,8-13H2,1-2H3. The molecule has 1 aromatic rings. The quantitative estimate of drug-likeness (QED) is 0.570. The van der Waals surface area contributed by atoms with Crippen molar-refractivity contribution < 1.29 is 9.53 Å². The highest BCUT2D eigenvalue weighted by Gasteiger charge is 2.12. The van der Waals surface area contributed by atoms with Crippen molar-refractivity contribution in [3.63, 3.8) is 0 Å². The Bertz CT molecular complexity index is 454. The molecule has 0 N–H and O–H groups in total. The van der Waals surface area contributed by atoms with E-state index in [4.69, 9.17) is 4.74 Å². The minimum atomic E-state index is 0.0792. The Kier molecular flexibility index (Phi) is 6.21. The average molecular weight is 290 g/mol. The molecule has 0 amide bonds. The maximum Gasteiger partial charge on any atom is 0.159 e. The van der Waals surface area contributed by atoms with E-state index in [1.54, 1.807) is 6.92 Å². The van der Waals surface area contributed by atoms with Crippen molar-refractivity contribution in [3.05, 3.63) is 29.8 Å². The lowest BCUT2D eigenvalue weighted by Gasteiger charge is -2.32. The van der Waals surface area contributed by atoms with E-state index in [9.17, 15) is 4.79 Å². The summed E-state index contributed by atoms with van der Waals surface area (Å²) in [6, 6.07) is 7.43. The Morgan fingerprint density at radius 3 is 2.67 bits per heavy atom. The molecule has 0 aromatic heterocycles. The Labute approximate surface area is 127 Å². The molecule has 1 saturated heterocycles. The summed E-state index contributed by atoms with van der Waals surface area (Å²) in [6.45, 7) is 8.16. The molecule has 0 radical (unpaired) electrons. The van der Waals surface area contributed by atoms with Gasteiger partial charge in [0.15, 0.2) is 5.78 Å². The van der Waals surface area contributed by atoms with Gasteiger partial charge in [-0.25, -0.2) is 0 Å². The molecule has 0 spiro atoms. The number of piperazine rings is 1. The summed E-state index contributed by atoms with van der Waals surface area (Å²) in [6.07, 6.45) is 2.22. The molecule has 0 aliphatic carbocycles. The smallest absolute Gasteiger partial charge is 0.159 e. The van der Waals surface area contributed by atoms with Gasteiger partial charge in [-0.2, -0.15) is 0 Å². The van der Waals surface area contributed by atoms with Crippen molar-refractivity contribution in [3.8, 4) is 5.75 Å². The van der Waals surface area contributed by atoms with Crippen LogP contribution in [0.1, 0.15) is 30.1 Å². The van der Waals surface area contributed by atoms with Crippen LogP contribution >= 0.6 is 0 Å². The first-order valence-electron chi connectivity index (χ1n) is 7.80. The first kappa shape index (κ1) is 16.0. The van der Waals surface area contributed by atoms with Crippen LogP contribution in [0.25, 0.3) is 0 Å². The molecule has 1 heterocycles. The molecular weight excluding hydrogens is 264 g/mol. The number of nitrogens with zero attached hydrogens (tertiary/aromatic N) is 2. The lowest BCUT2D eigenvalue weighted by atomic mass is 10.1. The molecule has 0 saturated carbocycles. The number of ketones is 1. The van der Waals surface area contributed by atoms with Crippen molar-refractivity contribution in [2.45, 2.75) is 19.8 Å². The average Bonchev–Trinajstić information content (AvgIpc) is 2.49. The van der Waals surface area contributed by atoms with E-state index >= 15 is 0 Å². The van der Waals surface area contributed by atoms with Crippen molar-refractivity contribution in [2.24, 2.45) is 0 Å². The molecular formula is C17H26N2O2. The topological polar surface area (TPSA) is 32.8 Å². The van der Waals surface area contributed by atoms with Crippen molar-refractivity contribution in [1.29, 1.82) is 0 Å². The van der Waals surface area contributed by atoms with Gasteiger partial charge < -0.3 is 14.5 Å². The third-order valence-corrected chi connectivity index (χ3v) is 3.97. The number of hydrogen-bond donors (Lipinski definition) is 0. The molecule has 0 atom stereocenters. The molecule has 4 heteroatoms. The molecule has 1 aliphatic rings. The second-order valence-corrected chi connectivity index (χ2v) is 5.78. The Hall–Kier alpha value is -1.39. The normalized spacial score (nSPS) is 16.9. The fourth-order valence-corrected chi connectivity index (χ4v) is 2.50. The number of benzene rings is 1. The highest BCUT2D eigenvalue weighted by atomic mass is 16.5. The van der Waals surface area contributed by atoms with Gasteiger partial charge in [0.2, 0.25) is 0 Å². The van der Waals surface area contributed by atoms with Crippen LogP contribution in [-0.4, -0.2) is 62.0 Å². The van der Waals surface area contributed by atoms with Gasteiger partial charge in [-0.05, 0) is 45.5 Å². The van der Waals surface area contributed by atoms with E-state index in [1.807, 2.05) is 24.3 Å². The summed E-state index contributed by atoms with van der Waals surface area (Å²) in [5.74, 6) is 0.873. The molecule has 0 unspecified atom stereocenters. The summed E-state index contributed by atoms with van der Waals surface area (Å²) >= 11 is 0. The number of carbonyl (C=O) groups is 1. The van der Waals surface area contributed by atoms with E-state index in [1.165, 1.54) is 26.2 Å². The highest BCUT2D eigenvalue weighted by Crippen LogP contribution is 2.14. The molecule has 116 valence electrons. The minimum Gasteiger partial charge on any atom is -0.494 e. The number of Topliss-reactive ketones (excluding diaryl/α,β-unsaturated/α-hetero) is 1. The van der Waals surface area contributed by atoms with Crippen LogP contribution in [-0.2, 0) is 0 Å². The van der Waals surface area contributed by atoms with Gasteiger partial charge >= 0.3 is 0 Å². The molecule has 1 fully saturated rings. The van der Waals surface area contributed by atoms with Crippen LogP contribution in [0.5, 0.6) is 5.75 Å². The van der Waals surface area contributed by atoms with Gasteiger partial charge in [0.25, 0.3) is 0 Å². The van der Waals surface area contributed by atoms with E-state index in [-0.39, 0.29) is 5.78 Å². The zero-order chi connectivity index (χ0) is 15.1. The summed E-state index contributed by atoms with van der Waals surface area (Å²) < 4.78 is 5.72. The van der Waals surface area contributed by atoms with E-state index < -0.39 is 0 Å². The second kappa shape index (κ2) is 8.15. The Morgan fingerprint density at radius 1 is 1.19 bits per heavy atom. The lowest BCUT2D eigenvalue weighted by molar-refractivity contribution is 0.101. The van der Waals surface area contributed by atoms with Crippen molar-refractivity contribution in [1.82, 2.24) is 9.80 Å². The zero-order valence-corrected chi connectivity index (χ0v) is 13.2. The van der Waals surface area contributed by atoms with E-state index in [0.29, 0.717) is 5.56 Å². The van der Waals surface area contributed by atoms with Crippen LogP contribution in [0.2, 0.25) is 0 Å². The van der Waals surface area contributed by atoms with Crippen LogP contribution in [0.15, 0.2) is 24.3 Å². The molecule has 1 aliphatic heterocycles. The third kappa shape index (κ3) is 5.48. The Balaban J connectivity index is 1.61. The van der Waals surface area contributed by atoms with Gasteiger partial charge in [0.05, 0.1) is 6.61 Å². The number of ether oxygens (including phenoxy) is 1. The van der Waals surface area contributed by atoms with Crippen molar-refractivity contribution >= 4 is 5.78 Å². The number of likely N-dealkylation sites (N-methyl/N-ethyl adjacent to an activating group) is 1. The fraction of sp³-hybridized carbons (Fsp3) is 0.588. The number of unbranched alkanes of at least 4 members (excludes halogenated alkanes) is 1. The summed E-state index contributed by atoms with van der Waals surface area (Å²) in [4.78, 5) is 16.2. The molecule has 21 heavy (non-hydrogen) atoms. The van der Waals surface area contributed by atoms with Crippen LogP contribution in [0.4, 0.5) is 0 Å². The van der Waals surface area contributed by atoms with Gasteiger partial charge in [-0.1, -0.05) is 12.1 Å². The maximum absolute atomic E-state index is 11.3. The third-order valence-electron chi connectivity index (χ3n) is 3.97. The molecule has 1 aromatic carbocycles. The summed E-state index contributed by atoms with van der Waals surface area (Å²) in [5, 5.41) is 0. The van der Waals surface area contributed by atoms with E-state index in [2.05, 4.69) is 16.8 Å². The maximum atomic E-state index is 11.3. The first-order chi connectivity index (χ1) is 10.1. The lowest BCUT2D eigenvalue weighted by Crippen LogP contribution is -2.44. The number of carbonyl (C=O) groups excluding carboxylic acids is 1. The highest BCUT2D eigenvalue weighted by molar-refractivity contribution is 5.94. The van der Waals surface area contributed by atoms with Gasteiger partial charge in [-0.15, -0.1) is 0 Å². The minimum absolute atomic E-state index is 0.0792. The molecule has 2 rings (SSSR count). The van der Waals surface area contributed by atoms with Gasteiger partial charge in [0, 0.05) is 31.7 Å². The first-order valence-corrected chi connectivity index (χ1v) is 7.80. The second-order valence-electron chi connectivity index (χ2n) is 5.78. The van der Waals surface area contributed by atoms with E-state index in [0.717, 1.165) is 31.7 Å². The predicted molar refractivity (Wildman–Crippen MR) is 85.1 cm³/mol. The van der Waals surface area contributed by atoms with Crippen LogP contribution in [0.3, 0.4) is 0 Å². The van der Waals surface area contributed by atoms with Crippen LogP contribution < -0.4 is 4.74 Å². The zero-order valence-electron chi connectivity index (χ0n) is 13.2. The molecule has 0 bridgehead atoms. The van der Waals surface area contributed by atoms with Gasteiger partial charge in [0.1, 0.15) is 5.75 Å².